The Kier molecular flexibility index (Phi) is 42.7. The maximum atomic E-state index is 12.7. The summed E-state index contributed by atoms with van der Waals surface area (Å²) in [5.41, 5.74) is 5.34. The summed E-state index contributed by atoms with van der Waals surface area (Å²) in [5.74, 6) is -2.42. The first-order valence-corrected chi connectivity index (χ1v) is 25.8. The molecule has 3 atom stereocenters. The molecule has 0 rings (SSSR count). The number of allylic oxidation sites excluding steroid dienone is 10. The van der Waals surface area contributed by atoms with Crippen molar-refractivity contribution in [2.24, 2.45) is 5.73 Å². The number of carboxylic acid groups (broad SMARTS) is 1. The van der Waals surface area contributed by atoms with E-state index in [-0.39, 0.29) is 19.4 Å². The van der Waals surface area contributed by atoms with Crippen LogP contribution in [0.25, 0.3) is 0 Å². The van der Waals surface area contributed by atoms with Gasteiger partial charge in [-0.1, -0.05) is 171 Å². The second-order valence-corrected chi connectivity index (χ2v) is 17.7. The summed E-state index contributed by atoms with van der Waals surface area (Å²) in [6.45, 7) is 2.75. The van der Waals surface area contributed by atoms with Crippen molar-refractivity contribution in [1.82, 2.24) is 0 Å². The van der Waals surface area contributed by atoms with Crippen LogP contribution in [0, 0.1) is 0 Å². The molecule has 0 aromatic carbocycles. The van der Waals surface area contributed by atoms with Gasteiger partial charge in [-0.3, -0.25) is 23.4 Å². The van der Waals surface area contributed by atoms with Crippen molar-refractivity contribution >= 4 is 25.7 Å². The van der Waals surface area contributed by atoms with Crippen molar-refractivity contribution in [3.05, 3.63) is 60.8 Å². The molecule has 0 spiro atoms. The zero-order chi connectivity index (χ0) is 45.6. The molecular weight excluding hydrogens is 806 g/mol. The molecule has 0 aromatic rings. The minimum Gasteiger partial charge on any atom is -0.480 e. The van der Waals surface area contributed by atoms with Gasteiger partial charge in [0.2, 0.25) is 0 Å². The standard InChI is InChI=1S/C50H88NO10P/c1-3-5-7-9-11-13-15-17-19-21-23-25-27-29-31-33-35-37-39-41-48(52)58-43-46(44-59-62(56,57)60-45-47(51)50(54)55)61-49(53)42-40-38-36-34-32-30-28-26-24-22-20-18-16-14-12-10-8-6-4-2/h12,14,17-20,24,26,30,32,46-47H,3-11,13,15-16,21-23,25,27-29,31,33-45,51H2,1-2H3,(H,54,55)(H,56,57)/b14-12+,19-17+,20-18+,26-24+,32-30+/t46-,47+/m1/s1. The van der Waals surface area contributed by atoms with E-state index in [4.69, 9.17) is 24.8 Å². The van der Waals surface area contributed by atoms with E-state index in [1.54, 1.807) is 0 Å². The summed E-state index contributed by atoms with van der Waals surface area (Å²) >= 11 is 0. The van der Waals surface area contributed by atoms with Crippen molar-refractivity contribution in [3.8, 4) is 0 Å². The quantitative estimate of drug-likeness (QED) is 0.0230. The Hall–Kier alpha value is -2.82. The van der Waals surface area contributed by atoms with Crippen molar-refractivity contribution in [1.29, 1.82) is 0 Å². The highest BCUT2D eigenvalue weighted by atomic mass is 31.2. The predicted octanol–water partition coefficient (Wildman–Crippen LogP) is 13.5. The highest BCUT2D eigenvalue weighted by molar-refractivity contribution is 7.47. The first-order valence-electron chi connectivity index (χ1n) is 24.3. The van der Waals surface area contributed by atoms with Gasteiger partial charge in [0.15, 0.2) is 6.10 Å². The molecule has 0 radical (unpaired) electrons. The van der Waals surface area contributed by atoms with Gasteiger partial charge >= 0.3 is 25.7 Å². The number of hydrogen-bond donors (Lipinski definition) is 3. The number of nitrogens with two attached hydrogens (primary N) is 1. The lowest BCUT2D eigenvalue weighted by Crippen LogP contribution is -2.34. The lowest BCUT2D eigenvalue weighted by atomic mass is 10.1. The summed E-state index contributed by atoms with van der Waals surface area (Å²) in [6.07, 6.45) is 52.8. The van der Waals surface area contributed by atoms with E-state index in [1.807, 2.05) is 0 Å². The van der Waals surface area contributed by atoms with Gasteiger partial charge in [-0.2, -0.15) is 0 Å². The highest BCUT2D eigenvalue weighted by Crippen LogP contribution is 2.43. The van der Waals surface area contributed by atoms with E-state index in [2.05, 4.69) is 79.1 Å². The van der Waals surface area contributed by atoms with Gasteiger partial charge in [-0.15, -0.1) is 0 Å². The summed E-state index contributed by atoms with van der Waals surface area (Å²) in [4.78, 5) is 46.1. The van der Waals surface area contributed by atoms with E-state index in [0.717, 1.165) is 57.8 Å². The Morgan fingerprint density at radius 1 is 0.500 bits per heavy atom. The molecule has 0 heterocycles. The second-order valence-electron chi connectivity index (χ2n) is 16.2. The molecule has 62 heavy (non-hydrogen) atoms. The Bertz CT molecular complexity index is 1280. The zero-order valence-electron chi connectivity index (χ0n) is 38.9. The molecule has 0 aromatic heterocycles. The lowest BCUT2D eigenvalue weighted by Gasteiger charge is -2.20. The largest absolute Gasteiger partial charge is 0.480 e. The molecular formula is C50H88NO10P. The molecule has 0 aliphatic carbocycles. The average Bonchev–Trinajstić information content (AvgIpc) is 3.25. The lowest BCUT2D eigenvalue weighted by molar-refractivity contribution is -0.161. The maximum Gasteiger partial charge on any atom is 0.472 e. The van der Waals surface area contributed by atoms with Crippen molar-refractivity contribution in [2.45, 2.75) is 219 Å². The molecule has 0 fully saturated rings. The van der Waals surface area contributed by atoms with Crippen molar-refractivity contribution in [2.75, 3.05) is 19.8 Å². The fourth-order valence-corrected chi connectivity index (χ4v) is 7.17. The van der Waals surface area contributed by atoms with E-state index in [1.165, 1.54) is 109 Å². The molecule has 358 valence electrons. The van der Waals surface area contributed by atoms with Gasteiger partial charge in [0.1, 0.15) is 12.6 Å². The number of hydrogen-bond acceptors (Lipinski definition) is 9. The SMILES string of the molecule is CCCCC/C=C/C/C=C/C/C=C/C/C=C/CCCCCC(=O)O[C@H](COC(=O)CCCCCCCCCCC/C=C/CCCCCCCC)COP(=O)(O)OC[C@H](N)C(=O)O. The van der Waals surface area contributed by atoms with Crippen LogP contribution >= 0.6 is 7.82 Å². The normalized spacial score (nSPS) is 14.1. The van der Waals surface area contributed by atoms with Gasteiger partial charge < -0.3 is 25.2 Å². The fraction of sp³-hybridized carbons (Fsp3) is 0.740. The third-order valence-electron chi connectivity index (χ3n) is 10.2. The molecule has 0 bridgehead atoms. The molecule has 4 N–H and O–H groups in total. The number of phosphoric ester groups is 1. The van der Waals surface area contributed by atoms with Crippen LogP contribution in [-0.4, -0.2) is 59.9 Å². The van der Waals surface area contributed by atoms with Gasteiger partial charge in [0.05, 0.1) is 13.2 Å². The van der Waals surface area contributed by atoms with Crippen LogP contribution in [0.3, 0.4) is 0 Å². The molecule has 0 aliphatic heterocycles. The Labute approximate surface area is 377 Å². The highest BCUT2D eigenvalue weighted by Gasteiger charge is 2.28. The molecule has 0 saturated heterocycles. The van der Waals surface area contributed by atoms with Crippen molar-refractivity contribution < 1.29 is 47.5 Å². The summed E-state index contributed by atoms with van der Waals surface area (Å²) < 4.78 is 32.8. The van der Waals surface area contributed by atoms with Gasteiger partial charge in [0, 0.05) is 12.8 Å². The van der Waals surface area contributed by atoms with E-state index >= 15 is 0 Å². The zero-order valence-corrected chi connectivity index (χ0v) is 39.8. The van der Waals surface area contributed by atoms with Crippen LogP contribution < -0.4 is 5.73 Å². The minimum atomic E-state index is -4.73. The molecule has 1 unspecified atom stereocenters. The second kappa shape index (κ2) is 44.8. The van der Waals surface area contributed by atoms with Crippen LogP contribution in [0.15, 0.2) is 60.8 Å². The Morgan fingerprint density at radius 3 is 1.34 bits per heavy atom. The first-order chi connectivity index (χ1) is 30.1. The topological polar surface area (TPSA) is 172 Å². The summed E-state index contributed by atoms with van der Waals surface area (Å²) in [5, 5.41) is 8.91. The number of esters is 2. The number of aliphatic carboxylic acids is 1. The molecule has 0 amide bonds. The number of carboxylic acids is 1. The number of phosphoric acid groups is 1. The van der Waals surface area contributed by atoms with E-state index < -0.39 is 51.1 Å². The number of rotatable bonds is 45. The number of unbranched alkanes of at least 4 members (excludes halogenated alkanes) is 21. The number of carbonyl (C=O) groups excluding carboxylic acids is 2. The summed E-state index contributed by atoms with van der Waals surface area (Å²) in [6, 6.07) is -1.53. The molecule has 0 saturated carbocycles. The smallest absolute Gasteiger partial charge is 0.472 e. The Balaban J connectivity index is 4.36. The van der Waals surface area contributed by atoms with Crippen LogP contribution in [0.4, 0.5) is 0 Å². The molecule has 0 aliphatic rings. The van der Waals surface area contributed by atoms with Crippen LogP contribution in [0.2, 0.25) is 0 Å². The number of ether oxygens (including phenoxy) is 2. The molecule has 12 heteroatoms. The monoisotopic (exact) mass is 894 g/mol. The van der Waals surface area contributed by atoms with E-state index in [0.29, 0.717) is 12.8 Å². The third-order valence-corrected chi connectivity index (χ3v) is 11.2. The van der Waals surface area contributed by atoms with Crippen molar-refractivity contribution in [3.63, 3.8) is 0 Å². The van der Waals surface area contributed by atoms with Crippen LogP contribution in [0.1, 0.15) is 206 Å². The van der Waals surface area contributed by atoms with Crippen LogP contribution in [-0.2, 0) is 37.5 Å². The first kappa shape index (κ1) is 59.2. The predicted molar refractivity (Wildman–Crippen MR) is 254 cm³/mol. The van der Waals surface area contributed by atoms with Gasteiger partial charge in [-0.05, 0) is 83.5 Å². The summed E-state index contributed by atoms with van der Waals surface area (Å²) in [7, 11) is -4.73. The molecule has 11 nitrogen and oxygen atoms in total. The minimum absolute atomic E-state index is 0.122. The Morgan fingerprint density at radius 2 is 0.855 bits per heavy atom. The third kappa shape index (κ3) is 43.8. The average molecular weight is 894 g/mol. The van der Waals surface area contributed by atoms with Gasteiger partial charge in [0.25, 0.3) is 0 Å². The number of carbonyl (C=O) groups is 3. The fourth-order valence-electron chi connectivity index (χ4n) is 6.40. The van der Waals surface area contributed by atoms with Crippen LogP contribution in [0.5, 0.6) is 0 Å². The van der Waals surface area contributed by atoms with E-state index in [9.17, 15) is 23.8 Å². The maximum absolute atomic E-state index is 12.7. The van der Waals surface area contributed by atoms with Gasteiger partial charge in [-0.25, -0.2) is 4.57 Å².